The van der Waals surface area contributed by atoms with Crippen molar-refractivity contribution in [3.63, 3.8) is 0 Å². The first-order valence-corrected chi connectivity index (χ1v) is 7.51. The van der Waals surface area contributed by atoms with Gasteiger partial charge in [-0.3, -0.25) is 0 Å². The molecule has 0 fully saturated rings. The van der Waals surface area contributed by atoms with Gasteiger partial charge in [-0.15, -0.1) is 11.6 Å². The fourth-order valence-corrected chi connectivity index (χ4v) is 2.49. The molecule has 0 atom stereocenters. The molecule has 112 valence electrons. The van der Waals surface area contributed by atoms with Gasteiger partial charge in [0.05, 0.1) is 11.6 Å². The minimum atomic E-state index is 0.0190. The SMILES string of the molecule is CCn1nc(C)c2nc(CCl)n(CC(C)(C)N(C)C)c21. The van der Waals surface area contributed by atoms with E-state index in [-0.39, 0.29) is 5.54 Å². The Morgan fingerprint density at radius 3 is 2.45 bits per heavy atom. The molecule has 0 aliphatic heterocycles. The lowest BCUT2D eigenvalue weighted by atomic mass is 10.0. The molecule has 20 heavy (non-hydrogen) atoms. The average Bonchev–Trinajstić information content (AvgIpc) is 2.88. The largest absolute Gasteiger partial charge is 0.310 e. The van der Waals surface area contributed by atoms with Crippen LogP contribution in [0.5, 0.6) is 0 Å². The van der Waals surface area contributed by atoms with E-state index in [1.807, 2.05) is 11.6 Å². The van der Waals surface area contributed by atoms with Gasteiger partial charge < -0.3 is 9.47 Å². The van der Waals surface area contributed by atoms with Crippen molar-refractivity contribution < 1.29 is 0 Å². The van der Waals surface area contributed by atoms with E-state index in [2.05, 4.69) is 54.4 Å². The highest BCUT2D eigenvalue weighted by atomic mass is 35.5. The van der Waals surface area contributed by atoms with Gasteiger partial charge >= 0.3 is 0 Å². The Balaban J connectivity index is 2.60. The van der Waals surface area contributed by atoms with Gasteiger partial charge in [0.15, 0.2) is 5.65 Å². The van der Waals surface area contributed by atoms with Crippen molar-refractivity contribution in [2.75, 3.05) is 14.1 Å². The fraction of sp³-hybridized carbons (Fsp3) is 0.714. The molecule has 0 saturated carbocycles. The van der Waals surface area contributed by atoms with Gasteiger partial charge in [0, 0.05) is 18.6 Å². The quantitative estimate of drug-likeness (QED) is 0.797. The number of alkyl halides is 1. The van der Waals surface area contributed by atoms with Gasteiger partial charge in [0.2, 0.25) is 0 Å². The third-order valence-corrected chi connectivity index (χ3v) is 4.29. The highest BCUT2D eigenvalue weighted by molar-refractivity contribution is 6.16. The number of fused-ring (bicyclic) bond motifs is 1. The van der Waals surface area contributed by atoms with Crippen LogP contribution in [-0.2, 0) is 19.0 Å². The Kier molecular flexibility index (Phi) is 4.12. The maximum absolute atomic E-state index is 6.09. The van der Waals surface area contributed by atoms with Crippen LogP contribution in [0.25, 0.3) is 11.2 Å². The van der Waals surface area contributed by atoms with Gasteiger partial charge in [0.1, 0.15) is 11.3 Å². The van der Waals surface area contributed by atoms with Crippen LogP contribution in [0.1, 0.15) is 32.3 Å². The lowest BCUT2D eigenvalue weighted by Gasteiger charge is -2.33. The summed E-state index contributed by atoms with van der Waals surface area (Å²) in [5, 5.41) is 4.56. The van der Waals surface area contributed by atoms with Gasteiger partial charge in [0.25, 0.3) is 0 Å². The van der Waals surface area contributed by atoms with E-state index >= 15 is 0 Å². The molecule has 5 nitrogen and oxygen atoms in total. The van der Waals surface area contributed by atoms with E-state index in [4.69, 9.17) is 11.6 Å². The lowest BCUT2D eigenvalue weighted by Crippen LogP contribution is -2.42. The first-order chi connectivity index (χ1) is 9.31. The summed E-state index contributed by atoms with van der Waals surface area (Å²) in [7, 11) is 4.19. The van der Waals surface area contributed by atoms with E-state index in [0.29, 0.717) is 5.88 Å². The lowest BCUT2D eigenvalue weighted by molar-refractivity contribution is 0.169. The molecule has 0 unspecified atom stereocenters. The van der Waals surface area contributed by atoms with Crippen LogP contribution >= 0.6 is 11.6 Å². The second-order valence-corrected chi connectivity index (χ2v) is 6.30. The first kappa shape index (κ1) is 15.3. The smallest absolute Gasteiger partial charge is 0.159 e. The number of aryl methyl sites for hydroxylation is 2. The van der Waals surface area contributed by atoms with Crippen LogP contribution in [-0.4, -0.2) is 43.9 Å². The van der Waals surface area contributed by atoms with Crippen LogP contribution < -0.4 is 0 Å². The molecule has 0 radical (unpaired) electrons. The summed E-state index contributed by atoms with van der Waals surface area (Å²) in [4.78, 5) is 6.89. The standard InChI is InChI=1S/C14H24ClN5/c1-7-20-13-12(10(2)17-20)16-11(8-15)19(13)9-14(3,4)18(5)6/h7-9H2,1-6H3. The number of halogens is 1. The van der Waals surface area contributed by atoms with Crippen molar-refractivity contribution in [1.82, 2.24) is 24.2 Å². The summed E-state index contributed by atoms with van der Waals surface area (Å²) in [5.74, 6) is 1.33. The third-order valence-electron chi connectivity index (χ3n) is 4.05. The Morgan fingerprint density at radius 2 is 1.95 bits per heavy atom. The molecule has 2 aromatic rings. The number of hydrogen-bond donors (Lipinski definition) is 0. The number of imidazole rings is 1. The molecular formula is C14H24ClN5. The van der Waals surface area contributed by atoms with E-state index in [9.17, 15) is 0 Å². The number of aromatic nitrogens is 4. The molecule has 0 aromatic carbocycles. The summed E-state index contributed by atoms with van der Waals surface area (Å²) >= 11 is 6.09. The molecule has 0 aliphatic rings. The zero-order valence-corrected chi connectivity index (χ0v) is 14.0. The molecule has 2 heterocycles. The summed E-state index contributed by atoms with van der Waals surface area (Å²) in [6.45, 7) is 10.2. The average molecular weight is 298 g/mol. The van der Waals surface area contributed by atoms with E-state index in [1.54, 1.807) is 0 Å². The number of rotatable bonds is 5. The second-order valence-electron chi connectivity index (χ2n) is 6.03. The van der Waals surface area contributed by atoms with E-state index < -0.39 is 0 Å². The van der Waals surface area contributed by atoms with Gasteiger partial charge in [-0.05, 0) is 41.8 Å². The minimum absolute atomic E-state index is 0.0190. The molecule has 0 bridgehead atoms. The Morgan fingerprint density at radius 1 is 1.30 bits per heavy atom. The molecule has 2 aromatic heterocycles. The molecular weight excluding hydrogens is 274 g/mol. The molecule has 0 spiro atoms. The van der Waals surface area contributed by atoms with Crippen LogP contribution in [0.4, 0.5) is 0 Å². The second kappa shape index (κ2) is 5.37. The summed E-state index contributed by atoms with van der Waals surface area (Å²) < 4.78 is 4.23. The van der Waals surface area contributed by atoms with Crippen LogP contribution in [0.3, 0.4) is 0 Å². The highest BCUT2D eigenvalue weighted by Crippen LogP contribution is 2.24. The van der Waals surface area contributed by atoms with Crippen molar-refractivity contribution in [3.05, 3.63) is 11.5 Å². The first-order valence-electron chi connectivity index (χ1n) is 6.97. The number of likely N-dealkylation sites (N-methyl/N-ethyl adjacent to an activating group) is 1. The highest BCUT2D eigenvalue weighted by Gasteiger charge is 2.26. The Labute approximate surface area is 125 Å². The summed E-state index contributed by atoms with van der Waals surface area (Å²) in [6, 6.07) is 0. The van der Waals surface area contributed by atoms with Gasteiger partial charge in [-0.2, -0.15) is 5.10 Å². The predicted octanol–water partition coefficient (Wildman–Crippen LogP) is 2.64. The van der Waals surface area contributed by atoms with Crippen molar-refractivity contribution in [2.24, 2.45) is 0 Å². The fourth-order valence-electron chi connectivity index (χ4n) is 2.29. The van der Waals surface area contributed by atoms with E-state index in [0.717, 1.165) is 35.8 Å². The normalized spacial score (nSPS) is 12.8. The maximum atomic E-state index is 6.09. The van der Waals surface area contributed by atoms with Crippen molar-refractivity contribution in [1.29, 1.82) is 0 Å². The minimum Gasteiger partial charge on any atom is -0.310 e. The van der Waals surface area contributed by atoms with Gasteiger partial charge in [-0.25, -0.2) is 9.67 Å². The third kappa shape index (κ3) is 2.44. The predicted molar refractivity (Wildman–Crippen MR) is 83.3 cm³/mol. The monoisotopic (exact) mass is 297 g/mol. The Bertz CT molecular complexity index is 609. The number of nitrogens with zero attached hydrogens (tertiary/aromatic N) is 5. The molecule has 2 rings (SSSR count). The van der Waals surface area contributed by atoms with Crippen molar-refractivity contribution >= 4 is 22.8 Å². The topological polar surface area (TPSA) is 38.9 Å². The van der Waals surface area contributed by atoms with Crippen molar-refractivity contribution in [3.8, 4) is 0 Å². The zero-order chi connectivity index (χ0) is 15.1. The molecule has 0 amide bonds. The summed E-state index contributed by atoms with van der Waals surface area (Å²) in [6.07, 6.45) is 0. The Hall–Kier alpha value is -1.07. The van der Waals surface area contributed by atoms with Crippen LogP contribution in [0.15, 0.2) is 0 Å². The molecule has 6 heteroatoms. The van der Waals surface area contributed by atoms with Gasteiger partial charge in [-0.1, -0.05) is 0 Å². The summed E-state index contributed by atoms with van der Waals surface area (Å²) in [5.41, 5.74) is 3.04. The van der Waals surface area contributed by atoms with Crippen molar-refractivity contribution in [2.45, 2.75) is 52.2 Å². The zero-order valence-electron chi connectivity index (χ0n) is 13.2. The number of hydrogen-bond acceptors (Lipinski definition) is 3. The molecule has 0 saturated heterocycles. The van der Waals surface area contributed by atoms with Crippen LogP contribution in [0, 0.1) is 6.92 Å². The maximum Gasteiger partial charge on any atom is 0.159 e. The van der Waals surface area contributed by atoms with Crippen LogP contribution in [0.2, 0.25) is 0 Å². The molecule has 0 N–H and O–H groups in total. The van der Waals surface area contributed by atoms with E-state index in [1.165, 1.54) is 0 Å². The molecule has 0 aliphatic carbocycles.